The summed E-state index contributed by atoms with van der Waals surface area (Å²) in [6.45, 7) is 3.59. The molecule has 1 atom stereocenters. The van der Waals surface area contributed by atoms with E-state index >= 15 is 0 Å². The summed E-state index contributed by atoms with van der Waals surface area (Å²) in [5.74, 6) is 3.12. The van der Waals surface area contributed by atoms with Crippen molar-refractivity contribution in [2.75, 3.05) is 36.4 Å². The standard InChI is InChI=1S/C41H33F3N8O5/c1-24-4-6-27(20-26(24)7-9-29-22-45-35-3-2-14-46-52(29)35)37(54)47-28-8-11-33(32(21-28)41(42,43)44)50-17-15-49(16-18-50)23-25-5-10-30-31(19-25)40(57)51(39(30)56)34-12-13-36(53)48-38(34)55/h2-6,8,10-11,14,19-22,34H,12-13,15-18,23H2,1H3,(H,47,54)(H,48,53,55). The Kier molecular flexibility index (Phi) is 9.54. The molecule has 288 valence electrons. The number of imidazole rings is 1. The molecule has 0 spiro atoms. The van der Waals surface area contributed by atoms with Gasteiger partial charge in [-0.05, 0) is 85.0 Å². The molecule has 2 N–H and O–H groups in total. The Labute approximate surface area is 323 Å². The van der Waals surface area contributed by atoms with Crippen molar-refractivity contribution in [3.05, 3.63) is 124 Å². The van der Waals surface area contributed by atoms with Crippen LogP contribution in [0.3, 0.4) is 0 Å². The predicted molar refractivity (Wildman–Crippen MR) is 200 cm³/mol. The van der Waals surface area contributed by atoms with Crippen molar-refractivity contribution in [1.82, 2.24) is 29.7 Å². The minimum atomic E-state index is -4.71. The topological polar surface area (TPSA) is 149 Å². The zero-order chi connectivity index (χ0) is 40.0. The van der Waals surface area contributed by atoms with E-state index in [0.717, 1.165) is 22.1 Å². The van der Waals surface area contributed by atoms with E-state index < -0.39 is 47.3 Å². The van der Waals surface area contributed by atoms with Gasteiger partial charge in [0.05, 0.1) is 22.9 Å². The molecule has 0 bridgehead atoms. The molecule has 1 unspecified atom stereocenters. The number of aryl methyl sites for hydroxylation is 1. The first-order valence-electron chi connectivity index (χ1n) is 18.1. The van der Waals surface area contributed by atoms with Gasteiger partial charge < -0.3 is 10.2 Å². The summed E-state index contributed by atoms with van der Waals surface area (Å²) in [5, 5.41) is 9.03. The lowest BCUT2D eigenvalue weighted by molar-refractivity contribution is -0.137. The molecule has 16 heteroatoms. The number of piperazine rings is 1. The lowest BCUT2D eigenvalue weighted by Gasteiger charge is -2.37. The van der Waals surface area contributed by atoms with Crippen molar-refractivity contribution in [3.8, 4) is 11.8 Å². The van der Waals surface area contributed by atoms with Gasteiger partial charge in [0.15, 0.2) is 5.65 Å². The number of carbonyl (C=O) groups is 5. The van der Waals surface area contributed by atoms with E-state index in [2.05, 4.69) is 32.6 Å². The molecular weight excluding hydrogens is 741 g/mol. The van der Waals surface area contributed by atoms with Crippen LogP contribution in [0.15, 0.2) is 79.1 Å². The van der Waals surface area contributed by atoms with Gasteiger partial charge in [-0.1, -0.05) is 18.1 Å². The summed E-state index contributed by atoms with van der Waals surface area (Å²) < 4.78 is 45.1. The molecular formula is C41H33F3N8O5. The highest BCUT2D eigenvalue weighted by molar-refractivity contribution is 6.23. The average molecular weight is 775 g/mol. The molecule has 57 heavy (non-hydrogen) atoms. The van der Waals surface area contributed by atoms with Gasteiger partial charge in [-0.15, -0.1) is 0 Å². The average Bonchev–Trinajstić information content (AvgIpc) is 3.71. The largest absolute Gasteiger partial charge is 0.418 e. The molecule has 5 heterocycles. The van der Waals surface area contributed by atoms with Crippen molar-refractivity contribution in [1.29, 1.82) is 0 Å². The number of aromatic nitrogens is 3. The number of nitrogens with zero attached hydrogens (tertiary/aromatic N) is 6. The highest BCUT2D eigenvalue weighted by atomic mass is 19.4. The smallest absolute Gasteiger partial charge is 0.368 e. The summed E-state index contributed by atoms with van der Waals surface area (Å²) in [7, 11) is 0. The van der Waals surface area contributed by atoms with Gasteiger partial charge in [0.1, 0.15) is 11.7 Å². The van der Waals surface area contributed by atoms with Gasteiger partial charge in [-0.3, -0.25) is 39.1 Å². The Hall–Kier alpha value is -6.86. The number of amides is 5. The lowest BCUT2D eigenvalue weighted by Crippen LogP contribution is -2.54. The van der Waals surface area contributed by atoms with Crippen LogP contribution in [0.25, 0.3) is 5.65 Å². The van der Waals surface area contributed by atoms with Crippen LogP contribution in [0.2, 0.25) is 0 Å². The number of anilines is 2. The predicted octanol–water partition coefficient (Wildman–Crippen LogP) is 4.43. The fourth-order valence-electron chi connectivity index (χ4n) is 7.29. The van der Waals surface area contributed by atoms with Crippen LogP contribution >= 0.6 is 0 Å². The lowest BCUT2D eigenvalue weighted by atomic mass is 10.0. The van der Waals surface area contributed by atoms with E-state index in [4.69, 9.17) is 0 Å². The zero-order valence-electron chi connectivity index (χ0n) is 30.4. The van der Waals surface area contributed by atoms with E-state index in [1.807, 2.05) is 11.8 Å². The Morgan fingerprint density at radius 3 is 2.49 bits per heavy atom. The van der Waals surface area contributed by atoms with Crippen LogP contribution in [-0.2, 0) is 22.3 Å². The van der Waals surface area contributed by atoms with Crippen LogP contribution in [0.1, 0.15) is 71.9 Å². The summed E-state index contributed by atoms with van der Waals surface area (Å²) >= 11 is 0. The normalized spacial score (nSPS) is 17.4. The molecule has 8 rings (SSSR count). The molecule has 3 aromatic carbocycles. The molecule has 2 fully saturated rings. The number of halogens is 3. The molecule has 5 aromatic rings. The maximum atomic E-state index is 14.5. The molecule has 0 saturated carbocycles. The fourth-order valence-corrected chi connectivity index (χ4v) is 7.29. The van der Waals surface area contributed by atoms with Crippen LogP contribution in [0.5, 0.6) is 0 Å². The number of piperidine rings is 1. The second-order valence-electron chi connectivity index (χ2n) is 14.0. The number of fused-ring (bicyclic) bond motifs is 2. The third-order valence-electron chi connectivity index (χ3n) is 10.3. The number of rotatable bonds is 6. The van der Waals surface area contributed by atoms with Crippen molar-refractivity contribution < 1.29 is 37.1 Å². The number of alkyl halides is 3. The van der Waals surface area contributed by atoms with Crippen molar-refractivity contribution in [2.45, 2.75) is 38.5 Å². The molecule has 0 radical (unpaired) electrons. The number of carbonyl (C=O) groups excluding carboxylic acids is 5. The maximum Gasteiger partial charge on any atom is 0.418 e. The minimum Gasteiger partial charge on any atom is -0.368 e. The van der Waals surface area contributed by atoms with E-state index in [0.29, 0.717) is 36.5 Å². The first-order valence-corrected chi connectivity index (χ1v) is 18.1. The van der Waals surface area contributed by atoms with Crippen LogP contribution < -0.4 is 15.5 Å². The van der Waals surface area contributed by atoms with Gasteiger partial charge in [-0.25, -0.2) is 9.50 Å². The molecule has 13 nitrogen and oxygen atoms in total. The highest BCUT2D eigenvalue weighted by Gasteiger charge is 2.44. The Balaban J connectivity index is 0.921. The summed E-state index contributed by atoms with van der Waals surface area (Å²) in [6, 6.07) is 16.0. The fraction of sp³-hybridized carbons (Fsp3) is 0.244. The maximum absolute atomic E-state index is 14.5. The number of hydrogen-bond donors (Lipinski definition) is 2. The second kappa shape index (κ2) is 14.7. The monoisotopic (exact) mass is 774 g/mol. The SMILES string of the molecule is Cc1ccc(C(=O)Nc2ccc(N3CCN(Cc4ccc5c(c4)C(=O)N(C4CCC(=O)NC4=O)C5=O)CC3)c(C(F)(F)F)c2)cc1C#Cc1cnc2cccnn12. The van der Waals surface area contributed by atoms with Crippen LogP contribution in [-0.4, -0.2) is 86.2 Å². The zero-order valence-corrected chi connectivity index (χ0v) is 30.4. The van der Waals surface area contributed by atoms with E-state index in [-0.39, 0.29) is 54.0 Å². The number of benzene rings is 3. The van der Waals surface area contributed by atoms with E-state index in [1.54, 1.807) is 64.3 Å². The van der Waals surface area contributed by atoms with Crippen molar-refractivity contribution >= 4 is 46.6 Å². The summed E-state index contributed by atoms with van der Waals surface area (Å²) in [6.07, 6.45) is -1.43. The Bertz CT molecular complexity index is 2570. The first-order chi connectivity index (χ1) is 27.3. The van der Waals surface area contributed by atoms with Gasteiger partial charge in [0.25, 0.3) is 17.7 Å². The van der Waals surface area contributed by atoms with Gasteiger partial charge in [0.2, 0.25) is 11.8 Å². The summed E-state index contributed by atoms with van der Waals surface area (Å²) in [5.41, 5.74) is 2.94. The third-order valence-corrected chi connectivity index (χ3v) is 10.3. The molecule has 2 saturated heterocycles. The molecule has 2 aromatic heterocycles. The van der Waals surface area contributed by atoms with Crippen molar-refractivity contribution in [2.24, 2.45) is 0 Å². The van der Waals surface area contributed by atoms with Crippen LogP contribution in [0, 0.1) is 18.8 Å². The second-order valence-corrected chi connectivity index (χ2v) is 14.0. The first kappa shape index (κ1) is 37.1. The highest BCUT2D eigenvalue weighted by Crippen LogP contribution is 2.39. The van der Waals surface area contributed by atoms with Gasteiger partial charge >= 0.3 is 6.18 Å². The van der Waals surface area contributed by atoms with Crippen LogP contribution in [0.4, 0.5) is 24.5 Å². The van der Waals surface area contributed by atoms with Gasteiger partial charge in [-0.2, -0.15) is 18.3 Å². The molecule has 0 aliphatic carbocycles. The quantitative estimate of drug-likeness (QED) is 0.189. The number of imide groups is 2. The molecule has 3 aliphatic heterocycles. The molecule has 5 amide bonds. The summed E-state index contributed by atoms with van der Waals surface area (Å²) in [4.78, 5) is 72.5. The Morgan fingerprint density at radius 2 is 1.72 bits per heavy atom. The number of hydrogen-bond acceptors (Lipinski definition) is 9. The van der Waals surface area contributed by atoms with E-state index in [9.17, 15) is 37.1 Å². The van der Waals surface area contributed by atoms with Crippen molar-refractivity contribution in [3.63, 3.8) is 0 Å². The molecule has 3 aliphatic rings. The third kappa shape index (κ3) is 7.32. The Morgan fingerprint density at radius 1 is 0.930 bits per heavy atom. The van der Waals surface area contributed by atoms with E-state index in [1.165, 1.54) is 18.2 Å². The number of nitrogens with one attached hydrogen (secondary N) is 2. The van der Waals surface area contributed by atoms with Gasteiger partial charge in [0, 0.05) is 67.8 Å². The minimum absolute atomic E-state index is 0.00916.